The number of sulfone groups is 1. The number of anilines is 1. The number of nitrogens with one attached hydrogen (secondary N) is 1. The van der Waals surface area contributed by atoms with Gasteiger partial charge in [-0.1, -0.05) is 30.6 Å². The molecule has 0 radical (unpaired) electrons. The van der Waals surface area contributed by atoms with Gasteiger partial charge in [-0.3, -0.25) is 10.1 Å². The first-order chi connectivity index (χ1) is 11.9. The van der Waals surface area contributed by atoms with Gasteiger partial charge in [0.25, 0.3) is 0 Å². The highest BCUT2D eigenvalue weighted by Crippen LogP contribution is 2.40. The molecule has 2 heterocycles. The summed E-state index contributed by atoms with van der Waals surface area (Å²) in [5.41, 5.74) is -0.158. The van der Waals surface area contributed by atoms with Crippen molar-refractivity contribution in [2.75, 3.05) is 5.32 Å². The van der Waals surface area contributed by atoms with Crippen LogP contribution >= 0.6 is 11.6 Å². The number of carbonyl (C=O) groups is 1. The monoisotopic (exact) mass is 400 g/mol. The van der Waals surface area contributed by atoms with E-state index in [9.17, 15) is 17.6 Å². The SMILES string of the molecule is CC1(C)Cc2cc(on2)NC(=O)C(C)(C)S(=O)(=O)c2c(F)cc(Cl)cc21. The van der Waals surface area contributed by atoms with E-state index in [1.165, 1.54) is 26.0 Å². The lowest BCUT2D eigenvalue weighted by Crippen LogP contribution is -2.45. The fraction of sp³-hybridized carbons (Fsp3) is 0.412. The van der Waals surface area contributed by atoms with Crippen LogP contribution in [0.4, 0.5) is 10.3 Å². The molecule has 1 aromatic heterocycles. The van der Waals surface area contributed by atoms with Crippen molar-refractivity contribution in [3.8, 4) is 0 Å². The topological polar surface area (TPSA) is 89.3 Å². The molecule has 0 saturated heterocycles. The number of nitrogens with zero attached hydrogens (tertiary/aromatic N) is 1. The van der Waals surface area contributed by atoms with Crippen LogP contribution in [0.15, 0.2) is 27.6 Å². The Morgan fingerprint density at radius 3 is 2.54 bits per heavy atom. The molecule has 140 valence electrons. The number of hydrogen-bond acceptors (Lipinski definition) is 5. The minimum Gasteiger partial charge on any atom is -0.338 e. The minimum absolute atomic E-state index is 0.0357. The average molecular weight is 401 g/mol. The van der Waals surface area contributed by atoms with Crippen molar-refractivity contribution in [2.45, 2.75) is 49.2 Å². The Bertz CT molecular complexity index is 1010. The van der Waals surface area contributed by atoms with Crippen molar-refractivity contribution in [3.05, 3.63) is 40.3 Å². The second-order valence-corrected chi connectivity index (χ2v) is 10.3. The highest BCUT2D eigenvalue weighted by molar-refractivity contribution is 7.93. The molecule has 0 saturated carbocycles. The van der Waals surface area contributed by atoms with E-state index in [2.05, 4.69) is 10.5 Å². The fourth-order valence-corrected chi connectivity index (χ4v) is 4.93. The van der Waals surface area contributed by atoms with Crippen LogP contribution in [0.3, 0.4) is 0 Å². The molecule has 1 aromatic carbocycles. The van der Waals surface area contributed by atoms with Crippen molar-refractivity contribution >= 4 is 33.2 Å². The zero-order valence-corrected chi connectivity index (χ0v) is 16.3. The molecule has 0 unspecified atom stereocenters. The standard InChI is InChI=1S/C17H18ClFN2O4S/c1-16(2)8-10-7-13(25-21-10)20-15(22)17(3,4)26(23,24)14-11(16)5-9(18)6-12(14)19/h5-7H,8H2,1-4H3,(H,20,22). The van der Waals surface area contributed by atoms with Crippen LogP contribution in [-0.2, 0) is 26.5 Å². The Labute approximate surface area is 155 Å². The molecule has 1 N–H and O–H groups in total. The second kappa shape index (κ2) is 5.79. The summed E-state index contributed by atoms with van der Waals surface area (Å²) >= 11 is 6.00. The molecule has 26 heavy (non-hydrogen) atoms. The number of rotatable bonds is 0. The van der Waals surface area contributed by atoms with Gasteiger partial charge in [0.2, 0.25) is 11.8 Å². The van der Waals surface area contributed by atoms with E-state index >= 15 is 0 Å². The summed E-state index contributed by atoms with van der Waals surface area (Å²) in [7, 11) is -4.39. The Balaban J connectivity index is 2.41. The highest BCUT2D eigenvalue weighted by atomic mass is 35.5. The molecule has 9 heteroatoms. The fourth-order valence-electron chi connectivity index (χ4n) is 2.98. The third-order valence-corrected chi connectivity index (χ3v) is 7.34. The Hall–Kier alpha value is -1.93. The van der Waals surface area contributed by atoms with Crippen LogP contribution in [0.25, 0.3) is 0 Å². The first kappa shape index (κ1) is 18.8. The number of aromatic nitrogens is 1. The smallest absolute Gasteiger partial charge is 0.248 e. The molecule has 0 aliphatic carbocycles. The maximum Gasteiger partial charge on any atom is 0.248 e. The van der Waals surface area contributed by atoms with E-state index < -0.39 is 36.6 Å². The summed E-state index contributed by atoms with van der Waals surface area (Å²) < 4.78 is 44.5. The van der Waals surface area contributed by atoms with Crippen LogP contribution in [-0.4, -0.2) is 24.2 Å². The van der Waals surface area contributed by atoms with Gasteiger partial charge in [0, 0.05) is 17.5 Å². The van der Waals surface area contributed by atoms with Gasteiger partial charge in [-0.05, 0) is 37.0 Å². The molecule has 1 amide bonds. The molecule has 0 spiro atoms. The predicted octanol–water partition coefficient (Wildman–Crippen LogP) is 3.49. The lowest BCUT2D eigenvalue weighted by molar-refractivity contribution is -0.118. The van der Waals surface area contributed by atoms with E-state index in [-0.39, 0.29) is 22.9 Å². The summed E-state index contributed by atoms with van der Waals surface area (Å²) in [6.07, 6.45) is 0.259. The molecule has 6 nitrogen and oxygen atoms in total. The van der Waals surface area contributed by atoms with Gasteiger partial charge in [0.05, 0.1) is 5.69 Å². The third kappa shape index (κ3) is 2.81. The molecule has 2 aromatic rings. The van der Waals surface area contributed by atoms with Crippen molar-refractivity contribution in [1.29, 1.82) is 0 Å². The van der Waals surface area contributed by atoms with Crippen molar-refractivity contribution in [2.24, 2.45) is 0 Å². The van der Waals surface area contributed by atoms with E-state index in [1.807, 2.05) is 0 Å². The Morgan fingerprint density at radius 1 is 1.23 bits per heavy atom. The van der Waals surface area contributed by atoms with Gasteiger partial charge in [0.1, 0.15) is 15.5 Å². The van der Waals surface area contributed by atoms with Gasteiger partial charge >= 0.3 is 0 Å². The number of amides is 1. The number of carbonyl (C=O) groups excluding carboxylic acids is 1. The third-order valence-electron chi connectivity index (χ3n) is 4.64. The van der Waals surface area contributed by atoms with E-state index in [0.29, 0.717) is 5.69 Å². The zero-order valence-electron chi connectivity index (χ0n) is 14.7. The van der Waals surface area contributed by atoms with Gasteiger partial charge in [-0.25, -0.2) is 12.8 Å². The zero-order chi connectivity index (χ0) is 19.5. The first-order valence-corrected chi connectivity index (χ1v) is 9.73. The minimum atomic E-state index is -4.39. The molecule has 1 aliphatic heterocycles. The van der Waals surface area contributed by atoms with Crippen molar-refractivity contribution in [1.82, 2.24) is 5.16 Å². The number of benzene rings is 1. The molecule has 1 aliphatic rings. The summed E-state index contributed by atoms with van der Waals surface area (Å²) in [4.78, 5) is 12.1. The van der Waals surface area contributed by atoms with Gasteiger partial charge in [0.15, 0.2) is 9.84 Å². The quantitative estimate of drug-likeness (QED) is 0.731. The average Bonchev–Trinajstić information content (AvgIpc) is 2.91. The van der Waals surface area contributed by atoms with Crippen molar-refractivity contribution < 1.29 is 22.1 Å². The molecule has 3 rings (SSSR count). The molecule has 0 atom stereocenters. The van der Waals surface area contributed by atoms with E-state index in [0.717, 1.165) is 6.07 Å². The van der Waals surface area contributed by atoms with Crippen LogP contribution in [0.5, 0.6) is 0 Å². The molecule has 2 bridgehead atoms. The van der Waals surface area contributed by atoms with Gasteiger partial charge < -0.3 is 4.52 Å². The largest absolute Gasteiger partial charge is 0.338 e. The van der Waals surface area contributed by atoms with Crippen molar-refractivity contribution in [3.63, 3.8) is 0 Å². The van der Waals surface area contributed by atoms with Crippen LogP contribution in [0, 0.1) is 5.82 Å². The highest BCUT2D eigenvalue weighted by Gasteiger charge is 2.47. The summed E-state index contributed by atoms with van der Waals surface area (Å²) in [5, 5.41) is 6.37. The Morgan fingerprint density at radius 2 is 1.88 bits per heavy atom. The Kier molecular flexibility index (Phi) is 4.19. The van der Waals surface area contributed by atoms with Gasteiger partial charge in [-0.15, -0.1) is 0 Å². The summed E-state index contributed by atoms with van der Waals surface area (Å²) in [5.74, 6) is -1.80. The predicted molar refractivity (Wildman–Crippen MR) is 94.5 cm³/mol. The number of hydrogen-bond donors (Lipinski definition) is 1. The lowest BCUT2D eigenvalue weighted by Gasteiger charge is -2.30. The maximum atomic E-state index is 14.8. The first-order valence-electron chi connectivity index (χ1n) is 7.87. The summed E-state index contributed by atoms with van der Waals surface area (Å²) in [6.45, 7) is 5.95. The molecular formula is C17H18ClFN2O4S. The van der Waals surface area contributed by atoms with Crippen LogP contribution in [0.1, 0.15) is 39.0 Å². The van der Waals surface area contributed by atoms with E-state index in [4.69, 9.17) is 16.1 Å². The number of halogens is 2. The summed E-state index contributed by atoms with van der Waals surface area (Å²) in [6, 6.07) is 3.88. The maximum absolute atomic E-state index is 14.8. The van der Waals surface area contributed by atoms with Crippen LogP contribution in [0.2, 0.25) is 5.02 Å². The normalized spacial score (nSPS) is 20.6. The molecular weight excluding hydrogens is 383 g/mol. The van der Waals surface area contributed by atoms with E-state index in [1.54, 1.807) is 13.8 Å². The molecule has 0 fully saturated rings. The lowest BCUT2D eigenvalue weighted by atomic mass is 9.80. The van der Waals surface area contributed by atoms with Crippen LogP contribution < -0.4 is 5.32 Å². The number of fused-ring (bicyclic) bond motifs is 3. The van der Waals surface area contributed by atoms with Gasteiger partial charge in [-0.2, -0.15) is 0 Å². The second-order valence-electron chi connectivity index (χ2n) is 7.48.